The van der Waals surface area contributed by atoms with Crippen LogP contribution in [0, 0.1) is 27.7 Å². The van der Waals surface area contributed by atoms with Gasteiger partial charge in [0.05, 0.1) is 11.4 Å². The lowest BCUT2D eigenvalue weighted by atomic mass is 10.1. The highest BCUT2D eigenvalue weighted by molar-refractivity contribution is 7.99. The molecule has 0 amide bonds. The first kappa shape index (κ1) is 16.9. The van der Waals surface area contributed by atoms with Gasteiger partial charge in [0, 0.05) is 15.3 Å². The summed E-state index contributed by atoms with van der Waals surface area (Å²) in [5.74, 6) is 0.430. The smallest absolute Gasteiger partial charge is 0.214 e. The summed E-state index contributed by atoms with van der Waals surface area (Å²) < 4.78 is 1.70. The van der Waals surface area contributed by atoms with Crippen LogP contribution in [0.4, 0.5) is 0 Å². The highest BCUT2D eigenvalue weighted by atomic mass is 32.2. The van der Waals surface area contributed by atoms with Gasteiger partial charge in [0.1, 0.15) is 0 Å². The molecule has 0 saturated heterocycles. The highest BCUT2D eigenvalue weighted by Crippen LogP contribution is 2.25. The van der Waals surface area contributed by atoms with Crippen LogP contribution in [-0.2, 0) is 0 Å². The maximum Gasteiger partial charge on any atom is 0.214 e. The summed E-state index contributed by atoms with van der Waals surface area (Å²) in [6.45, 7) is 8.05. The van der Waals surface area contributed by atoms with E-state index in [1.165, 1.54) is 11.8 Å². The zero-order valence-corrected chi connectivity index (χ0v) is 15.7. The molecule has 3 rings (SSSR count). The largest absolute Gasteiger partial charge is 0.293 e. The summed E-state index contributed by atoms with van der Waals surface area (Å²) in [6, 6.07) is 8.10. The summed E-state index contributed by atoms with van der Waals surface area (Å²) in [4.78, 5) is 14.7. The Morgan fingerprint density at radius 2 is 2.00 bits per heavy atom. The van der Waals surface area contributed by atoms with Crippen molar-refractivity contribution in [1.29, 1.82) is 0 Å². The second-order valence-corrected chi connectivity index (χ2v) is 8.10. The number of carbonyl (C=O) groups excluding carboxylic acids is 1. The van der Waals surface area contributed by atoms with Gasteiger partial charge in [0.2, 0.25) is 5.16 Å². The van der Waals surface area contributed by atoms with E-state index in [-0.39, 0.29) is 5.78 Å². The van der Waals surface area contributed by atoms with Crippen molar-refractivity contribution in [3.63, 3.8) is 0 Å². The monoisotopic (exact) mass is 358 g/mol. The van der Waals surface area contributed by atoms with E-state index in [1.807, 2.05) is 45.9 Å². The molecule has 0 radical (unpaired) electrons. The average Bonchev–Trinajstić information content (AvgIpc) is 3.13. The number of ketones is 1. The van der Waals surface area contributed by atoms with E-state index in [0.717, 1.165) is 32.1 Å². The lowest BCUT2D eigenvalue weighted by Crippen LogP contribution is -2.06. The molecule has 2 heterocycles. The summed E-state index contributed by atoms with van der Waals surface area (Å²) in [6.07, 6.45) is 0. The summed E-state index contributed by atoms with van der Waals surface area (Å²) in [5, 5.41) is 12.6. The first-order chi connectivity index (χ1) is 11.5. The van der Waals surface area contributed by atoms with E-state index < -0.39 is 0 Å². The van der Waals surface area contributed by atoms with Gasteiger partial charge >= 0.3 is 0 Å². The highest BCUT2D eigenvalue weighted by Gasteiger charge is 2.16. The molecule has 5 nitrogen and oxygen atoms in total. The predicted molar refractivity (Wildman–Crippen MR) is 97.5 cm³/mol. The SMILES string of the molecule is Cc1ccc(C)c(-n2nnnc2SCC(=O)c2cc(C)sc2C)c1. The molecule has 0 aliphatic rings. The standard InChI is InChI=1S/C17H18N4OS2/c1-10-5-6-11(2)15(7-10)21-17(18-19-20-21)23-9-16(22)14-8-12(3)24-13(14)4/h5-8H,9H2,1-4H3. The van der Waals surface area contributed by atoms with Crippen molar-refractivity contribution in [2.45, 2.75) is 32.9 Å². The Balaban J connectivity index is 1.80. The van der Waals surface area contributed by atoms with Crippen molar-refractivity contribution in [3.8, 4) is 5.69 Å². The van der Waals surface area contributed by atoms with Crippen LogP contribution >= 0.6 is 23.1 Å². The summed E-state index contributed by atoms with van der Waals surface area (Å²) in [7, 11) is 0. The molecular formula is C17H18N4OS2. The number of carbonyl (C=O) groups is 1. The van der Waals surface area contributed by atoms with Crippen LogP contribution in [0.15, 0.2) is 29.4 Å². The van der Waals surface area contributed by atoms with Gasteiger partial charge < -0.3 is 0 Å². The van der Waals surface area contributed by atoms with Crippen molar-refractivity contribution in [1.82, 2.24) is 20.2 Å². The molecule has 24 heavy (non-hydrogen) atoms. The molecule has 0 spiro atoms. The number of hydrogen-bond donors (Lipinski definition) is 0. The van der Waals surface area contributed by atoms with Gasteiger partial charge in [0.15, 0.2) is 5.78 Å². The molecule has 0 saturated carbocycles. The number of aromatic nitrogens is 4. The Morgan fingerprint density at radius 1 is 1.21 bits per heavy atom. The van der Waals surface area contributed by atoms with Crippen LogP contribution in [0.1, 0.15) is 31.2 Å². The number of thioether (sulfide) groups is 1. The van der Waals surface area contributed by atoms with E-state index in [1.54, 1.807) is 16.0 Å². The number of benzene rings is 1. The van der Waals surface area contributed by atoms with Crippen LogP contribution in [-0.4, -0.2) is 31.7 Å². The van der Waals surface area contributed by atoms with E-state index >= 15 is 0 Å². The van der Waals surface area contributed by atoms with Crippen LogP contribution in [0.3, 0.4) is 0 Å². The van der Waals surface area contributed by atoms with Crippen molar-refractivity contribution >= 4 is 28.9 Å². The number of nitrogens with zero attached hydrogens (tertiary/aromatic N) is 4. The maximum absolute atomic E-state index is 12.5. The lowest BCUT2D eigenvalue weighted by molar-refractivity contribution is 0.102. The second kappa shape index (κ2) is 6.86. The van der Waals surface area contributed by atoms with Gasteiger partial charge in [-0.2, -0.15) is 4.68 Å². The first-order valence-corrected chi connectivity index (χ1v) is 9.35. The Labute approximate surface area is 149 Å². The van der Waals surface area contributed by atoms with Gasteiger partial charge in [0.25, 0.3) is 0 Å². The third-order valence-corrected chi connectivity index (χ3v) is 5.59. The summed E-state index contributed by atoms with van der Waals surface area (Å²) >= 11 is 3.01. The zero-order valence-electron chi connectivity index (χ0n) is 14.0. The van der Waals surface area contributed by atoms with Crippen LogP contribution in [0.5, 0.6) is 0 Å². The minimum absolute atomic E-state index is 0.109. The Kier molecular flexibility index (Phi) is 4.82. The molecule has 124 valence electrons. The van der Waals surface area contributed by atoms with Gasteiger partial charge in [-0.25, -0.2) is 0 Å². The topological polar surface area (TPSA) is 60.7 Å². The Bertz CT molecular complexity index is 898. The van der Waals surface area contributed by atoms with Gasteiger partial charge in [-0.3, -0.25) is 4.79 Å². The summed E-state index contributed by atoms with van der Waals surface area (Å²) in [5.41, 5.74) is 3.97. The molecule has 0 bridgehead atoms. The Hall–Kier alpha value is -1.99. The molecule has 2 aromatic heterocycles. The van der Waals surface area contributed by atoms with Crippen molar-refractivity contribution in [2.24, 2.45) is 0 Å². The molecule has 0 unspecified atom stereocenters. The van der Waals surface area contributed by atoms with E-state index in [9.17, 15) is 4.79 Å². The number of tetrazole rings is 1. The van der Waals surface area contributed by atoms with E-state index in [0.29, 0.717) is 10.9 Å². The van der Waals surface area contributed by atoms with E-state index in [2.05, 4.69) is 21.6 Å². The number of thiophene rings is 1. The average molecular weight is 358 g/mol. The van der Waals surface area contributed by atoms with Crippen LogP contribution < -0.4 is 0 Å². The molecule has 0 fully saturated rings. The maximum atomic E-state index is 12.5. The molecule has 0 aliphatic carbocycles. The lowest BCUT2D eigenvalue weighted by Gasteiger charge is -2.08. The molecule has 0 N–H and O–H groups in total. The normalized spacial score (nSPS) is 11.0. The minimum atomic E-state index is 0.109. The van der Waals surface area contributed by atoms with Gasteiger partial charge in [-0.05, 0) is 61.4 Å². The first-order valence-electron chi connectivity index (χ1n) is 7.54. The second-order valence-electron chi connectivity index (χ2n) is 5.70. The fourth-order valence-electron chi connectivity index (χ4n) is 2.48. The zero-order chi connectivity index (χ0) is 17.3. The Morgan fingerprint density at radius 3 is 2.71 bits per heavy atom. The van der Waals surface area contributed by atoms with Gasteiger partial charge in [-0.15, -0.1) is 16.4 Å². The van der Waals surface area contributed by atoms with Gasteiger partial charge in [-0.1, -0.05) is 23.9 Å². The quantitative estimate of drug-likeness (QED) is 0.511. The number of hydrogen-bond acceptors (Lipinski definition) is 6. The van der Waals surface area contributed by atoms with E-state index in [4.69, 9.17) is 0 Å². The number of aryl methyl sites for hydroxylation is 4. The molecule has 0 atom stereocenters. The number of rotatable bonds is 5. The molecule has 1 aromatic carbocycles. The molecule has 7 heteroatoms. The van der Waals surface area contributed by atoms with Crippen LogP contribution in [0.25, 0.3) is 5.69 Å². The number of Topliss-reactive ketones (excluding diaryl/α,β-unsaturated/α-hetero) is 1. The van der Waals surface area contributed by atoms with Crippen molar-refractivity contribution in [3.05, 3.63) is 50.7 Å². The molecular weight excluding hydrogens is 340 g/mol. The predicted octanol–water partition coefficient (Wildman–Crippen LogP) is 3.93. The minimum Gasteiger partial charge on any atom is -0.293 e. The van der Waals surface area contributed by atoms with Crippen molar-refractivity contribution < 1.29 is 4.79 Å². The fraction of sp³-hybridized carbons (Fsp3) is 0.294. The van der Waals surface area contributed by atoms with Crippen LogP contribution in [0.2, 0.25) is 0 Å². The molecule has 3 aromatic rings. The third kappa shape index (κ3) is 3.42. The van der Waals surface area contributed by atoms with Crippen molar-refractivity contribution in [2.75, 3.05) is 5.75 Å². The third-order valence-electron chi connectivity index (χ3n) is 3.71. The fourth-order valence-corrected chi connectivity index (χ4v) is 4.19. The molecule has 0 aliphatic heterocycles.